The van der Waals surface area contributed by atoms with Gasteiger partial charge in [-0.15, -0.1) is 5.11 Å². The van der Waals surface area contributed by atoms with Gasteiger partial charge in [-0.25, -0.2) is 5.53 Å². The van der Waals surface area contributed by atoms with Gasteiger partial charge in [0, 0.05) is 12.1 Å². The molecular formula is C19H16N6O2. The van der Waals surface area contributed by atoms with Crippen LogP contribution in [0.4, 0.5) is 28.4 Å². The molecule has 0 heterocycles. The van der Waals surface area contributed by atoms with E-state index in [4.69, 9.17) is 5.53 Å². The highest BCUT2D eigenvalue weighted by Gasteiger charge is 2.07. The van der Waals surface area contributed by atoms with Crippen LogP contribution in [-0.4, -0.2) is 10.2 Å². The van der Waals surface area contributed by atoms with Gasteiger partial charge >= 0.3 is 0 Å². The second-order valence-corrected chi connectivity index (χ2v) is 5.69. The third-order valence-corrected chi connectivity index (χ3v) is 3.63. The van der Waals surface area contributed by atoms with Gasteiger partial charge in [-0.2, -0.15) is 20.5 Å². The molecule has 0 unspecified atom stereocenters. The largest absolute Gasteiger partial charge is 0.505 e. The van der Waals surface area contributed by atoms with Crippen LogP contribution >= 0.6 is 0 Å². The molecular weight excluding hydrogens is 344 g/mol. The first-order valence-corrected chi connectivity index (χ1v) is 7.99. The molecule has 8 nitrogen and oxygen atoms in total. The quantitative estimate of drug-likeness (QED) is 0.428. The Bertz CT molecular complexity index is 1010. The lowest BCUT2D eigenvalue weighted by molar-refractivity contribution is 0.452. The SMILES string of the molecule is Cc1ccc(N=Nc2ccc(N=Nc3cc(N=N)c(O)cc3O)cc2)cc1. The molecule has 8 heteroatoms. The Morgan fingerprint density at radius 3 is 1.59 bits per heavy atom. The summed E-state index contributed by atoms with van der Waals surface area (Å²) in [5.74, 6) is -0.558. The van der Waals surface area contributed by atoms with Crippen LogP contribution in [0.15, 0.2) is 86.2 Å². The van der Waals surface area contributed by atoms with Crippen molar-refractivity contribution in [2.75, 3.05) is 0 Å². The first-order valence-electron chi connectivity index (χ1n) is 7.99. The van der Waals surface area contributed by atoms with E-state index in [0.717, 1.165) is 17.3 Å². The second kappa shape index (κ2) is 7.96. The Morgan fingerprint density at radius 1 is 0.630 bits per heavy atom. The molecule has 3 N–H and O–H groups in total. The molecule has 0 aliphatic carbocycles. The maximum Gasteiger partial charge on any atom is 0.146 e. The van der Waals surface area contributed by atoms with E-state index in [-0.39, 0.29) is 22.9 Å². The first-order chi connectivity index (χ1) is 13.0. The van der Waals surface area contributed by atoms with E-state index in [1.54, 1.807) is 24.3 Å². The number of phenols is 2. The number of hydrogen-bond donors (Lipinski definition) is 3. The highest BCUT2D eigenvalue weighted by atomic mass is 16.3. The lowest BCUT2D eigenvalue weighted by atomic mass is 10.2. The molecule has 0 amide bonds. The smallest absolute Gasteiger partial charge is 0.146 e. The van der Waals surface area contributed by atoms with Crippen molar-refractivity contribution in [1.29, 1.82) is 5.53 Å². The first kappa shape index (κ1) is 17.9. The Hall–Kier alpha value is -3.94. The number of rotatable bonds is 5. The predicted molar refractivity (Wildman–Crippen MR) is 101 cm³/mol. The van der Waals surface area contributed by atoms with E-state index in [0.29, 0.717) is 11.4 Å². The van der Waals surface area contributed by atoms with E-state index in [9.17, 15) is 10.2 Å². The summed E-state index contributed by atoms with van der Waals surface area (Å²) in [5, 5.41) is 38.7. The summed E-state index contributed by atoms with van der Waals surface area (Å²) in [6.45, 7) is 2.01. The van der Waals surface area contributed by atoms with Crippen molar-refractivity contribution in [1.82, 2.24) is 0 Å². The molecule has 0 aliphatic rings. The highest BCUT2D eigenvalue weighted by molar-refractivity contribution is 5.65. The van der Waals surface area contributed by atoms with Gasteiger partial charge in [0.05, 0.1) is 17.1 Å². The van der Waals surface area contributed by atoms with E-state index in [2.05, 4.69) is 25.6 Å². The third kappa shape index (κ3) is 4.57. The maximum absolute atomic E-state index is 9.78. The van der Waals surface area contributed by atoms with E-state index in [1.807, 2.05) is 31.2 Å². The molecule has 3 aromatic rings. The Morgan fingerprint density at radius 2 is 1.07 bits per heavy atom. The molecule has 0 saturated carbocycles. The fourth-order valence-electron chi connectivity index (χ4n) is 2.15. The normalized spacial score (nSPS) is 11.3. The summed E-state index contributed by atoms with van der Waals surface area (Å²) in [5.41, 5.74) is 10.2. The zero-order valence-corrected chi connectivity index (χ0v) is 14.4. The molecule has 0 saturated heterocycles. The van der Waals surface area contributed by atoms with Gasteiger partial charge in [0.15, 0.2) is 0 Å². The van der Waals surface area contributed by atoms with Crippen LogP contribution in [0.2, 0.25) is 0 Å². The zero-order valence-electron chi connectivity index (χ0n) is 14.4. The minimum Gasteiger partial charge on any atom is -0.505 e. The molecule has 0 spiro atoms. The van der Waals surface area contributed by atoms with Crippen molar-refractivity contribution in [3.63, 3.8) is 0 Å². The van der Waals surface area contributed by atoms with Crippen molar-refractivity contribution in [3.8, 4) is 11.5 Å². The van der Waals surface area contributed by atoms with Crippen molar-refractivity contribution in [3.05, 3.63) is 66.2 Å². The predicted octanol–water partition coefficient (Wildman–Crippen LogP) is 6.90. The highest BCUT2D eigenvalue weighted by Crippen LogP contribution is 2.38. The number of benzene rings is 3. The summed E-state index contributed by atoms with van der Waals surface area (Å²) >= 11 is 0. The van der Waals surface area contributed by atoms with E-state index in [1.165, 1.54) is 6.07 Å². The van der Waals surface area contributed by atoms with Gasteiger partial charge in [0.25, 0.3) is 0 Å². The monoisotopic (exact) mass is 360 g/mol. The number of nitrogens with one attached hydrogen (secondary N) is 1. The minimum atomic E-state index is -0.301. The number of nitrogens with zero attached hydrogens (tertiary/aromatic N) is 5. The summed E-state index contributed by atoms with van der Waals surface area (Å²) in [6, 6.07) is 17.0. The number of azo groups is 2. The number of aromatic hydroxyl groups is 2. The molecule has 0 fully saturated rings. The number of aryl methyl sites for hydroxylation is 1. The second-order valence-electron chi connectivity index (χ2n) is 5.69. The zero-order chi connectivity index (χ0) is 19.2. The topological polar surface area (TPSA) is 126 Å². The van der Waals surface area contributed by atoms with Crippen LogP contribution in [0, 0.1) is 12.5 Å². The van der Waals surface area contributed by atoms with Crippen molar-refractivity contribution >= 4 is 28.4 Å². The van der Waals surface area contributed by atoms with Crippen LogP contribution in [0.1, 0.15) is 5.56 Å². The van der Waals surface area contributed by atoms with Crippen LogP contribution in [0.3, 0.4) is 0 Å². The fraction of sp³-hybridized carbons (Fsp3) is 0.0526. The molecule has 0 aromatic heterocycles. The summed E-state index contributed by atoms with van der Waals surface area (Å²) < 4.78 is 0. The van der Waals surface area contributed by atoms with Gasteiger partial charge in [-0.3, -0.25) is 0 Å². The number of hydrogen-bond acceptors (Lipinski definition) is 8. The molecule has 0 atom stereocenters. The van der Waals surface area contributed by atoms with E-state index < -0.39 is 0 Å². The molecule has 3 aromatic carbocycles. The van der Waals surface area contributed by atoms with Crippen LogP contribution in [-0.2, 0) is 0 Å². The van der Waals surface area contributed by atoms with Crippen LogP contribution in [0.25, 0.3) is 0 Å². The van der Waals surface area contributed by atoms with Gasteiger partial charge in [0.1, 0.15) is 22.9 Å². The third-order valence-electron chi connectivity index (χ3n) is 3.63. The lowest BCUT2D eigenvalue weighted by Crippen LogP contribution is -1.71. The molecule has 0 bridgehead atoms. The molecule has 134 valence electrons. The summed E-state index contributed by atoms with van der Waals surface area (Å²) in [7, 11) is 0. The minimum absolute atomic E-state index is 0.00591. The molecule has 27 heavy (non-hydrogen) atoms. The molecule has 0 aliphatic heterocycles. The van der Waals surface area contributed by atoms with Crippen LogP contribution < -0.4 is 0 Å². The summed E-state index contributed by atoms with van der Waals surface area (Å²) in [4.78, 5) is 0. The standard InChI is InChI=1S/C19H16N6O2/c1-12-2-4-13(5-3-12)22-23-14-6-8-15(9-7-14)24-25-17-10-16(21-20)18(26)11-19(17)27/h2-11,20,26-27H,1H3. The van der Waals surface area contributed by atoms with Gasteiger partial charge in [0.2, 0.25) is 0 Å². The van der Waals surface area contributed by atoms with Gasteiger partial charge in [-0.05, 0) is 43.3 Å². The van der Waals surface area contributed by atoms with E-state index >= 15 is 0 Å². The molecule has 0 radical (unpaired) electrons. The Labute approximate surface area is 155 Å². The Kier molecular flexibility index (Phi) is 5.27. The van der Waals surface area contributed by atoms with Crippen molar-refractivity contribution in [2.24, 2.45) is 25.6 Å². The Balaban J connectivity index is 1.73. The average molecular weight is 360 g/mol. The average Bonchev–Trinajstić information content (AvgIpc) is 2.68. The summed E-state index contributed by atoms with van der Waals surface area (Å²) in [6.07, 6.45) is 0. The number of phenolic OH excluding ortho intramolecular Hbond substituents is 2. The van der Waals surface area contributed by atoms with Crippen molar-refractivity contribution < 1.29 is 10.2 Å². The van der Waals surface area contributed by atoms with Gasteiger partial charge in [-0.1, -0.05) is 17.7 Å². The van der Waals surface area contributed by atoms with Crippen LogP contribution in [0.5, 0.6) is 11.5 Å². The van der Waals surface area contributed by atoms with Crippen molar-refractivity contribution in [2.45, 2.75) is 6.92 Å². The maximum atomic E-state index is 9.78. The molecule has 3 rings (SSSR count). The fourth-order valence-corrected chi connectivity index (χ4v) is 2.15. The van der Waals surface area contributed by atoms with Gasteiger partial charge < -0.3 is 10.2 Å². The lowest BCUT2D eigenvalue weighted by Gasteiger charge is -2.01.